The standard InChI is InChI=1S/C26H29N3OS/c30-26-22-7-2-1-6-19(22)10-13-28(26)12-4-3-11-27-14-15-29-21(17-27)16-20-18-31-24-9-5-8-23(29)25(20)24/h1-2,5-9,18,21H,3-4,10-17H2. The van der Waals surface area contributed by atoms with Gasteiger partial charge in [-0.05, 0) is 66.9 Å². The van der Waals surface area contributed by atoms with Crippen molar-refractivity contribution in [1.29, 1.82) is 0 Å². The number of piperazine rings is 1. The topological polar surface area (TPSA) is 26.8 Å². The van der Waals surface area contributed by atoms with Gasteiger partial charge in [-0.3, -0.25) is 9.69 Å². The predicted octanol–water partition coefficient (Wildman–Crippen LogP) is 4.43. The van der Waals surface area contributed by atoms with Gasteiger partial charge < -0.3 is 9.80 Å². The smallest absolute Gasteiger partial charge is 0.254 e. The molecule has 1 fully saturated rings. The second-order valence-corrected chi connectivity index (χ2v) is 10.1. The monoisotopic (exact) mass is 431 g/mol. The molecule has 0 aliphatic carbocycles. The molecule has 4 heterocycles. The molecule has 2 aromatic carbocycles. The Balaban J connectivity index is 1.02. The van der Waals surface area contributed by atoms with E-state index in [1.807, 2.05) is 29.5 Å². The van der Waals surface area contributed by atoms with Crippen molar-refractivity contribution in [3.63, 3.8) is 0 Å². The highest BCUT2D eigenvalue weighted by molar-refractivity contribution is 7.17. The molecule has 0 bridgehead atoms. The van der Waals surface area contributed by atoms with Crippen LogP contribution in [-0.4, -0.2) is 61.0 Å². The number of benzene rings is 2. The van der Waals surface area contributed by atoms with Gasteiger partial charge in [-0.2, -0.15) is 0 Å². The number of carbonyl (C=O) groups is 1. The molecule has 0 saturated carbocycles. The summed E-state index contributed by atoms with van der Waals surface area (Å²) < 4.78 is 1.43. The van der Waals surface area contributed by atoms with Crippen LogP contribution < -0.4 is 4.90 Å². The van der Waals surface area contributed by atoms with Crippen molar-refractivity contribution < 1.29 is 4.79 Å². The van der Waals surface area contributed by atoms with Gasteiger partial charge in [0, 0.05) is 60.1 Å². The minimum atomic E-state index is 0.221. The van der Waals surface area contributed by atoms with Crippen LogP contribution in [0.15, 0.2) is 47.8 Å². The zero-order valence-corrected chi connectivity index (χ0v) is 18.7. The van der Waals surface area contributed by atoms with Crippen LogP contribution in [0.1, 0.15) is 34.3 Å². The number of fused-ring (bicyclic) bond motifs is 3. The van der Waals surface area contributed by atoms with E-state index in [2.05, 4.69) is 44.3 Å². The van der Waals surface area contributed by atoms with E-state index in [-0.39, 0.29) is 5.91 Å². The number of unbranched alkanes of at least 4 members (excludes halogenated alkanes) is 1. The normalized spacial score (nSPS) is 20.8. The maximum atomic E-state index is 12.7. The number of nitrogens with zero attached hydrogens (tertiary/aromatic N) is 3. The largest absolute Gasteiger partial charge is 0.365 e. The summed E-state index contributed by atoms with van der Waals surface area (Å²) in [6, 6.07) is 15.5. The lowest BCUT2D eigenvalue weighted by Crippen LogP contribution is -2.55. The van der Waals surface area contributed by atoms with Gasteiger partial charge in [-0.1, -0.05) is 24.3 Å². The van der Waals surface area contributed by atoms with E-state index in [9.17, 15) is 4.79 Å². The quantitative estimate of drug-likeness (QED) is 0.559. The number of anilines is 1. The van der Waals surface area contributed by atoms with E-state index in [1.165, 1.54) is 27.8 Å². The van der Waals surface area contributed by atoms with Crippen LogP contribution in [0.4, 0.5) is 5.69 Å². The minimum absolute atomic E-state index is 0.221. The van der Waals surface area contributed by atoms with Crippen molar-refractivity contribution in [2.75, 3.05) is 44.2 Å². The summed E-state index contributed by atoms with van der Waals surface area (Å²) in [7, 11) is 0. The van der Waals surface area contributed by atoms with Crippen LogP contribution in [0, 0.1) is 0 Å². The molecule has 0 N–H and O–H groups in total. The van der Waals surface area contributed by atoms with Gasteiger partial charge in [0.15, 0.2) is 0 Å². The highest BCUT2D eigenvalue weighted by Gasteiger charge is 2.32. The van der Waals surface area contributed by atoms with E-state index < -0.39 is 0 Å². The molecule has 3 aliphatic heterocycles. The predicted molar refractivity (Wildman–Crippen MR) is 128 cm³/mol. The number of carbonyl (C=O) groups excluding carboxylic acids is 1. The molecule has 0 radical (unpaired) electrons. The Morgan fingerprint density at radius 1 is 0.935 bits per heavy atom. The lowest BCUT2D eigenvalue weighted by molar-refractivity contribution is 0.0735. The molecule has 5 heteroatoms. The number of thiophene rings is 1. The molecule has 3 aliphatic rings. The van der Waals surface area contributed by atoms with Crippen LogP contribution in [0.3, 0.4) is 0 Å². The third-order valence-corrected chi connectivity index (χ3v) is 8.32. The number of rotatable bonds is 5. The average molecular weight is 432 g/mol. The maximum absolute atomic E-state index is 12.7. The third-order valence-electron chi connectivity index (χ3n) is 7.32. The Labute approximate surface area is 188 Å². The summed E-state index contributed by atoms with van der Waals surface area (Å²) in [4.78, 5) is 20.1. The van der Waals surface area contributed by atoms with Crippen LogP contribution in [0.25, 0.3) is 10.1 Å². The average Bonchev–Trinajstić information content (AvgIpc) is 3.22. The summed E-state index contributed by atoms with van der Waals surface area (Å²) in [5, 5.41) is 3.88. The van der Waals surface area contributed by atoms with Crippen LogP contribution >= 0.6 is 11.3 Å². The Bertz CT molecular complexity index is 1120. The summed E-state index contributed by atoms with van der Waals surface area (Å²) in [5.74, 6) is 0.221. The number of amides is 1. The van der Waals surface area contributed by atoms with Gasteiger partial charge in [0.25, 0.3) is 5.91 Å². The second-order valence-electron chi connectivity index (χ2n) is 9.17. The molecule has 1 atom stereocenters. The first-order valence-corrected chi connectivity index (χ1v) is 12.5. The van der Waals surface area contributed by atoms with E-state index >= 15 is 0 Å². The van der Waals surface area contributed by atoms with Gasteiger partial charge in [0.05, 0.1) is 0 Å². The molecule has 1 aromatic heterocycles. The molecule has 4 nitrogen and oxygen atoms in total. The SMILES string of the molecule is O=C1c2ccccc2CCN1CCCCN1CCN2c3cccc4scc(c34)CC2C1. The van der Waals surface area contributed by atoms with Crippen molar-refractivity contribution in [3.8, 4) is 0 Å². The molecule has 160 valence electrons. The molecule has 6 rings (SSSR count). The van der Waals surface area contributed by atoms with Crippen LogP contribution in [0.2, 0.25) is 0 Å². The fourth-order valence-corrected chi connectivity index (χ4v) is 6.71. The molecule has 0 spiro atoms. The van der Waals surface area contributed by atoms with Crippen molar-refractivity contribution >= 4 is 33.0 Å². The Morgan fingerprint density at radius 2 is 1.84 bits per heavy atom. The lowest BCUT2D eigenvalue weighted by Gasteiger charge is -2.45. The molecule has 1 unspecified atom stereocenters. The van der Waals surface area contributed by atoms with Gasteiger partial charge in [0.2, 0.25) is 0 Å². The Morgan fingerprint density at radius 3 is 2.81 bits per heavy atom. The first-order valence-electron chi connectivity index (χ1n) is 11.6. The summed E-state index contributed by atoms with van der Waals surface area (Å²) in [5.41, 5.74) is 5.11. The molecule has 1 saturated heterocycles. The van der Waals surface area contributed by atoms with E-state index in [4.69, 9.17) is 0 Å². The molecular weight excluding hydrogens is 402 g/mol. The van der Waals surface area contributed by atoms with Crippen molar-refractivity contribution in [2.45, 2.75) is 31.7 Å². The summed E-state index contributed by atoms with van der Waals surface area (Å²) in [6.45, 7) is 6.32. The van der Waals surface area contributed by atoms with Gasteiger partial charge in [-0.25, -0.2) is 0 Å². The minimum Gasteiger partial charge on any atom is -0.365 e. The molecule has 31 heavy (non-hydrogen) atoms. The van der Waals surface area contributed by atoms with Crippen molar-refractivity contribution in [2.24, 2.45) is 0 Å². The second kappa shape index (κ2) is 7.95. The van der Waals surface area contributed by atoms with Gasteiger partial charge in [0.1, 0.15) is 0 Å². The lowest BCUT2D eigenvalue weighted by atomic mass is 9.94. The molecule has 3 aromatic rings. The van der Waals surface area contributed by atoms with Crippen molar-refractivity contribution in [1.82, 2.24) is 9.80 Å². The molecular formula is C26H29N3OS. The summed E-state index contributed by atoms with van der Waals surface area (Å²) in [6.07, 6.45) is 4.42. The Hall–Kier alpha value is -2.37. The first-order chi connectivity index (χ1) is 15.3. The number of hydrogen-bond acceptors (Lipinski definition) is 4. The van der Waals surface area contributed by atoms with Crippen LogP contribution in [0.5, 0.6) is 0 Å². The van der Waals surface area contributed by atoms with E-state index in [0.717, 1.165) is 64.1 Å². The first kappa shape index (κ1) is 19.3. The summed E-state index contributed by atoms with van der Waals surface area (Å²) >= 11 is 1.89. The fraction of sp³-hybridized carbons (Fsp3) is 0.423. The van der Waals surface area contributed by atoms with Crippen molar-refractivity contribution in [3.05, 3.63) is 64.5 Å². The maximum Gasteiger partial charge on any atom is 0.254 e. The van der Waals surface area contributed by atoms with Crippen LogP contribution in [-0.2, 0) is 12.8 Å². The molecule has 1 amide bonds. The zero-order chi connectivity index (χ0) is 20.8. The van der Waals surface area contributed by atoms with E-state index in [1.54, 1.807) is 5.56 Å². The van der Waals surface area contributed by atoms with Gasteiger partial charge in [-0.15, -0.1) is 11.3 Å². The number of hydrogen-bond donors (Lipinski definition) is 0. The highest BCUT2D eigenvalue weighted by atomic mass is 32.1. The Kier molecular flexibility index (Phi) is 4.96. The van der Waals surface area contributed by atoms with E-state index in [0.29, 0.717) is 6.04 Å². The fourth-order valence-electron chi connectivity index (χ4n) is 5.72. The van der Waals surface area contributed by atoms with Gasteiger partial charge >= 0.3 is 0 Å². The highest BCUT2D eigenvalue weighted by Crippen LogP contribution is 2.40. The zero-order valence-electron chi connectivity index (χ0n) is 17.9. The third kappa shape index (κ3) is 3.44.